The highest BCUT2D eigenvalue weighted by Gasteiger charge is 2.26. The monoisotopic (exact) mass is 347 g/mol. The summed E-state index contributed by atoms with van der Waals surface area (Å²) in [5.41, 5.74) is -0.179. The highest BCUT2D eigenvalue weighted by Crippen LogP contribution is 2.17. The van der Waals surface area contributed by atoms with Gasteiger partial charge in [-0.05, 0) is 61.9 Å². The number of carbonyl (C=O) groups excluding carboxylic acids is 1. The number of benzene rings is 1. The summed E-state index contributed by atoms with van der Waals surface area (Å²) < 4.78 is 14.5. The lowest BCUT2D eigenvalue weighted by Crippen LogP contribution is -2.43. The Morgan fingerprint density at radius 1 is 1.36 bits per heavy atom. The lowest BCUT2D eigenvalue weighted by molar-refractivity contribution is -0.128. The number of amides is 1. The van der Waals surface area contributed by atoms with Crippen LogP contribution in [-0.2, 0) is 4.79 Å². The molecule has 25 heavy (non-hydrogen) atoms. The van der Waals surface area contributed by atoms with Crippen LogP contribution in [0.1, 0.15) is 32.2 Å². The smallest absolute Gasteiger partial charge is 0.272 e. The van der Waals surface area contributed by atoms with E-state index in [1.165, 1.54) is 21.7 Å². The van der Waals surface area contributed by atoms with Gasteiger partial charge in [-0.3, -0.25) is 4.79 Å². The maximum Gasteiger partial charge on any atom is 0.272 e. The second-order valence-electron chi connectivity index (χ2n) is 6.35. The van der Waals surface area contributed by atoms with Crippen LogP contribution in [0, 0.1) is 12.7 Å². The predicted octanol–water partition coefficient (Wildman–Crippen LogP) is 1.74. The molecule has 8 heteroatoms. The number of nitrogens with zero attached hydrogens (tertiary/aromatic N) is 5. The van der Waals surface area contributed by atoms with Crippen molar-refractivity contribution in [1.82, 2.24) is 25.1 Å². The number of rotatable bonds is 6. The van der Waals surface area contributed by atoms with Crippen LogP contribution in [0.3, 0.4) is 0 Å². The fraction of sp³-hybridized carbons (Fsp3) is 0.412. The molecule has 2 rings (SSSR count). The Kier molecular flexibility index (Phi) is 5.63. The van der Waals surface area contributed by atoms with Gasteiger partial charge in [0, 0.05) is 13.1 Å². The van der Waals surface area contributed by atoms with Crippen LogP contribution < -0.4 is 0 Å². The summed E-state index contributed by atoms with van der Waals surface area (Å²) in [7, 11) is 0. The number of hydrogen-bond acceptors (Lipinski definition) is 5. The molecule has 1 aromatic heterocycles. The molecular weight excluding hydrogens is 325 g/mol. The number of carbonyl (C=O) groups is 1. The van der Waals surface area contributed by atoms with Crippen LogP contribution in [0.15, 0.2) is 24.3 Å². The van der Waals surface area contributed by atoms with Crippen molar-refractivity contribution in [2.75, 3.05) is 13.1 Å². The Morgan fingerprint density at radius 2 is 2.00 bits per heavy atom. The van der Waals surface area contributed by atoms with Gasteiger partial charge in [-0.15, -0.1) is 5.10 Å². The van der Waals surface area contributed by atoms with Crippen LogP contribution >= 0.6 is 0 Å². The fourth-order valence-electron chi connectivity index (χ4n) is 2.34. The fourth-order valence-corrected chi connectivity index (χ4v) is 2.34. The van der Waals surface area contributed by atoms with Crippen molar-refractivity contribution in [3.63, 3.8) is 0 Å². The molecule has 0 aliphatic carbocycles. The normalized spacial score (nSPS) is 12.3. The van der Waals surface area contributed by atoms with E-state index in [2.05, 4.69) is 15.5 Å². The molecule has 0 bridgehead atoms. The molecule has 7 nitrogen and oxygen atoms in total. The second-order valence-corrected chi connectivity index (χ2v) is 6.35. The second kappa shape index (κ2) is 7.52. The molecule has 0 aliphatic heterocycles. The van der Waals surface area contributed by atoms with E-state index in [1.54, 1.807) is 39.0 Å². The third-order valence-electron chi connectivity index (χ3n) is 3.49. The van der Waals surface area contributed by atoms with E-state index in [0.29, 0.717) is 17.9 Å². The highest BCUT2D eigenvalue weighted by molar-refractivity contribution is 6.18. The quantitative estimate of drug-likeness (QED) is 0.805. The van der Waals surface area contributed by atoms with Crippen molar-refractivity contribution in [2.24, 2.45) is 0 Å². The molecule has 1 amide bonds. The topological polar surface area (TPSA) is 84.1 Å². The first-order chi connectivity index (χ1) is 11.7. The number of likely N-dealkylation sites (N-methyl/N-ethyl adjacent to an activating group) is 1. The van der Waals surface area contributed by atoms with Crippen LogP contribution in [0.25, 0.3) is 11.8 Å². The lowest BCUT2D eigenvalue weighted by atomic mass is 10.1. The minimum atomic E-state index is -1.04. The van der Waals surface area contributed by atoms with Crippen LogP contribution in [0.4, 0.5) is 4.39 Å². The van der Waals surface area contributed by atoms with Gasteiger partial charge in [0.1, 0.15) is 11.5 Å². The van der Waals surface area contributed by atoms with Gasteiger partial charge in [-0.2, -0.15) is 4.68 Å². The van der Waals surface area contributed by atoms with Gasteiger partial charge in [-0.25, -0.2) is 4.39 Å². The summed E-state index contributed by atoms with van der Waals surface area (Å²) in [6.45, 7) is 7.34. The van der Waals surface area contributed by atoms with Crippen molar-refractivity contribution in [1.29, 1.82) is 0 Å². The molecule has 0 spiro atoms. The van der Waals surface area contributed by atoms with E-state index in [1.807, 2.05) is 6.92 Å². The predicted molar refractivity (Wildman–Crippen MR) is 91.7 cm³/mol. The van der Waals surface area contributed by atoms with Crippen LogP contribution in [0.2, 0.25) is 0 Å². The molecule has 134 valence electrons. The number of aromatic nitrogens is 4. The molecule has 1 heterocycles. The number of halogens is 1. The van der Waals surface area contributed by atoms with Gasteiger partial charge < -0.3 is 10.0 Å². The molecule has 0 atom stereocenters. The molecule has 0 saturated heterocycles. The zero-order valence-electron chi connectivity index (χ0n) is 14.8. The Balaban J connectivity index is 2.46. The average Bonchev–Trinajstić information content (AvgIpc) is 2.96. The van der Waals surface area contributed by atoms with Gasteiger partial charge in [-0.1, -0.05) is 12.1 Å². The van der Waals surface area contributed by atoms with Crippen molar-refractivity contribution in [2.45, 2.75) is 33.3 Å². The van der Waals surface area contributed by atoms with E-state index >= 15 is 0 Å². The van der Waals surface area contributed by atoms with Crippen molar-refractivity contribution in [3.8, 4) is 0 Å². The van der Waals surface area contributed by atoms with Crippen LogP contribution in [0.5, 0.6) is 0 Å². The Labute approximate surface area is 145 Å². The molecule has 0 radical (unpaired) electrons. The first kappa shape index (κ1) is 18.7. The zero-order chi connectivity index (χ0) is 18.6. The first-order valence-electron chi connectivity index (χ1n) is 7.95. The summed E-state index contributed by atoms with van der Waals surface area (Å²) in [4.78, 5) is 14.5. The molecule has 0 saturated carbocycles. The highest BCUT2D eigenvalue weighted by atomic mass is 19.1. The van der Waals surface area contributed by atoms with E-state index in [0.717, 1.165) is 0 Å². The maximum absolute atomic E-state index is 13.1. The molecule has 0 fully saturated rings. The largest absolute Gasteiger partial charge is 0.389 e. The molecular formula is C17H22FN5O2. The van der Waals surface area contributed by atoms with E-state index in [9.17, 15) is 14.3 Å². The van der Waals surface area contributed by atoms with Crippen molar-refractivity contribution >= 4 is 17.7 Å². The van der Waals surface area contributed by atoms with Crippen LogP contribution in [-0.4, -0.2) is 54.8 Å². The average molecular weight is 347 g/mol. The Hall–Kier alpha value is -2.61. The third-order valence-corrected chi connectivity index (χ3v) is 3.49. The third kappa shape index (κ3) is 4.93. The van der Waals surface area contributed by atoms with Gasteiger partial charge >= 0.3 is 0 Å². The van der Waals surface area contributed by atoms with E-state index < -0.39 is 5.60 Å². The number of tetrazole rings is 1. The Morgan fingerprint density at radius 3 is 2.48 bits per heavy atom. The summed E-state index contributed by atoms with van der Waals surface area (Å²) in [6.07, 6.45) is 1.60. The SMILES string of the molecule is CCN(CC(C)(C)O)C(=O)/C(=C/c1ccc(F)cc1)n1nnnc1C. The van der Waals surface area contributed by atoms with Gasteiger partial charge in [0.2, 0.25) is 0 Å². The molecule has 1 aromatic carbocycles. The molecule has 0 aliphatic rings. The molecule has 0 unspecified atom stereocenters. The number of aryl methyl sites for hydroxylation is 1. The van der Waals surface area contributed by atoms with E-state index in [-0.39, 0.29) is 24.0 Å². The molecule has 1 N–H and O–H groups in total. The summed E-state index contributed by atoms with van der Waals surface area (Å²) >= 11 is 0. The van der Waals surface area contributed by atoms with Gasteiger partial charge in [0.15, 0.2) is 5.82 Å². The van der Waals surface area contributed by atoms with Crippen molar-refractivity contribution in [3.05, 3.63) is 41.5 Å². The minimum Gasteiger partial charge on any atom is -0.389 e. The minimum absolute atomic E-state index is 0.157. The van der Waals surface area contributed by atoms with Gasteiger partial charge in [0.25, 0.3) is 5.91 Å². The van der Waals surface area contributed by atoms with E-state index in [4.69, 9.17) is 0 Å². The van der Waals surface area contributed by atoms with Gasteiger partial charge in [0.05, 0.1) is 5.60 Å². The Bertz CT molecular complexity index is 762. The molecule has 2 aromatic rings. The summed E-state index contributed by atoms with van der Waals surface area (Å²) in [5.74, 6) is -0.244. The standard InChI is InChI=1S/C17H22FN5O2/c1-5-22(11-17(3,4)25)16(24)15(23-12(2)19-20-21-23)10-13-6-8-14(18)9-7-13/h6-10,25H,5,11H2,1-4H3/b15-10-. The maximum atomic E-state index is 13.1. The van der Waals surface area contributed by atoms with Crippen molar-refractivity contribution < 1.29 is 14.3 Å². The zero-order valence-corrected chi connectivity index (χ0v) is 14.8. The lowest BCUT2D eigenvalue weighted by Gasteiger charge is -2.28. The first-order valence-corrected chi connectivity index (χ1v) is 7.95. The summed E-state index contributed by atoms with van der Waals surface area (Å²) in [5, 5.41) is 21.3. The number of hydrogen-bond donors (Lipinski definition) is 1. The number of aliphatic hydroxyl groups is 1. The summed E-state index contributed by atoms with van der Waals surface area (Å²) in [6, 6.07) is 5.76.